The van der Waals surface area contributed by atoms with Crippen LogP contribution in [-0.4, -0.2) is 56.9 Å². The molecule has 4 rings (SSSR count). The number of nitrogens with zero attached hydrogens (tertiary/aromatic N) is 3. The summed E-state index contributed by atoms with van der Waals surface area (Å²) in [5.74, 6) is 0.609. The Morgan fingerprint density at radius 2 is 2.07 bits per heavy atom. The first-order valence-corrected chi connectivity index (χ1v) is 11.4. The molecule has 0 spiro atoms. The number of carbonyl (C=O) groups is 2. The first-order chi connectivity index (χ1) is 14.5. The predicted octanol–water partition coefficient (Wildman–Crippen LogP) is 3.54. The third-order valence-corrected chi connectivity index (χ3v) is 6.58. The number of rotatable bonds is 8. The number of nitrogens with one attached hydrogen (secondary N) is 1. The van der Waals surface area contributed by atoms with Crippen molar-refractivity contribution < 1.29 is 14.3 Å². The molecule has 1 atom stereocenters. The van der Waals surface area contributed by atoms with Crippen LogP contribution in [0.5, 0.6) is 0 Å². The van der Waals surface area contributed by atoms with Crippen LogP contribution in [0.3, 0.4) is 0 Å². The molecule has 0 bridgehead atoms. The average molecular weight is 429 g/mol. The van der Waals surface area contributed by atoms with Gasteiger partial charge in [0, 0.05) is 18.9 Å². The zero-order valence-corrected chi connectivity index (χ0v) is 18.3. The van der Waals surface area contributed by atoms with E-state index in [0.29, 0.717) is 13.0 Å². The van der Waals surface area contributed by atoms with Crippen molar-refractivity contribution in [2.45, 2.75) is 56.5 Å². The molecule has 2 aliphatic rings. The highest BCUT2D eigenvalue weighted by Crippen LogP contribution is 2.29. The molecule has 7 nitrogen and oxygen atoms in total. The van der Waals surface area contributed by atoms with Gasteiger partial charge in [-0.15, -0.1) is 0 Å². The van der Waals surface area contributed by atoms with Crippen LogP contribution in [0.15, 0.2) is 41.7 Å². The molecular formula is C22H28N4O3S. The lowest BCUT2D eigenvalue weighted by Crippen LogP contribution is -2.40. The molecule has 1 aromatic heterocycles. The highest BCUT2D eigenvalue weighted by molar-refractivity contribution is 7.99. The third kappa shape index (κ3) is 4.39. The summed E-state index contributed by atoms with van der Waals surface area (Å²) >= 11 is 1.66. The van der Waals surface area contributed by atoms with Crippen LogP contribution in [0.1, 0.15) is 33.1 Å². The summed E-state index contributed by atoms with van der Waals surface area (Å²) in [5.41, 5.74) is 1.41. The number of hydrogen-bond donors (Lipinski definition) is 1. The zero-order chi connectivity index (χ0) is 21.1. The molecule has 1 aromatic carbocycles. The van der Waals surface area contributed by atoms with Crippen molar-refractivity contribution in [3.63, 3.8) is 0 Å². The Bertz CT molecular complexity index is 906. The number of thioether (sulfide) groups is 1. The number of carbonyl (C=O) groups excluding carboxylic acids is 2. The SMILES string of the molecule is CC1(C)NC(=O)N(CCCSc2ncc(-c3ccccc3)n2C[C@H]2CCCO2)C1=O. The molecule has 2 aliphatic heterocycles. The lowest BCUT2D eigenvalue weighted by molar-refractivity contribution is -0.130. The number of imidazole rings is 1. The van der Waals surface area contributed by atoms with Crippen LogP contribution >= 0.6 is 11.8 Å². The van der Waals surface area contributed by atoms with Gasteiger partial charge in [0.1, 0.15) is 5.54 Å². The van der Waals surface area contributed by atoms with E-state index in [2.05, 4.69) is 27.0 Å². The number of ether oxygens (including phenoxy) is 1. The first kappa shape index (κ1) is 20.9. The minimum Gasteiger partial charge on any atom is -0.376 e. The molecule has 2 aromatic rings. The van der Waals surface area contributed by atoms with Gasteiger partial charge in [0.2, 0.25) is 0 Å². The minimum atomic E-state index is -0.813. The van der Waals surface area contributed by atoms with Gasteiger partial charge in [-0.2, -0.15) is 0 Å². The molecule has 30 heavy (non-hydrogen) atoms. The van der Waals surface area contributed by atoms with Gasteiger partial charge in [0.05, 0.1) is 24.5 Å². The molecule has 3 amide bonds. The van der Waals surface area contributed by atoms with E-state index in [9.17, 15) is 9.59 Å². The normalized spacial score (nSPS) is 20.7. The first-order valence-electron chi connectivity index (χ1n) is 10.4. The Kier molecular flexibility index (Phi) is 6.15. The molecule has 3 heterocycles. The van der Waals surface area contributed by atoms with Gasteiger partial charge in [-0.25, -0.2) is 9.78 Å². The van der Waals surface area contributed by atoms with E-state index in [0.717, 1.165) is 48.2 Å². The average Bonchev–Trinajstić information content (AvgIpc) is 3.42. The molecule has 2 fully saturated rings. The summed E-state index contributed by atoms with van der Waals surface area (Å²) in [6, 6.07) is 9.96. The van der Waals surface area contributed by atoms with Gasteiger partial charge in [-0.3, -0.25) is 9.69 Å². The summed E-state index contributed by atoms with van der Waals surface area (Å²) in [5, 5.41) is 3.67. The summed E-state index contributed by atoms with van der Waals surface area (Å²) < 4.78 is 8.10. The van der Waals surface area contributed by atoms with Crippen molar-refractivity contribution in [1.29, 1.82) is 0 Å². The summed E-state index contributed by atoms with van der Waals surface area (Å²) in [4.78, 5) is 30.3. The van der Waals surface area contributed by atoms with Crippen molar-refractivity contribution in [3.05, 3.63) is 36.5 Å². The van der Waals surface area contributed by atoms with E-state index < -0.39 is 5.54 Å². The topological polar surface area (TPSA) is 76.5 Å². The van der Waals surface area contributed by atoms with Crippen LogP contribution in [0.2, 0.25) is 0 Å². The van der Waals surface area contributed by atoms with Crippen LogP contribution in [0.25, 0.3) is 11.3 Å². The second-order valence-corrected chi connectivity index (χ2v) is 9.31. The maximum Gasteiger partial charge on any atom is 0.325 e. The molecule has 0 aliphatic carbocycles. The van der Waals surface area contributed by atoms with E-state index in [4.69, 9.17) is 4.74 Å². The summed E-state index contributed by atoms with van der Waals surface area (Å²) in [7, 11) is 0. The fraction of sp³-hybridized carbons (Fsp3) is 0.500. The monoisotopic (exact) mass is 428 g/mol. The predicted molar refractivity (Wildman–Crippen MR) is 116 cm³/mol. The maximum atomic E-state index is 12.3. The van der Waals surface area contributed by atoms with Crippen molar-refractivity contribution in [2.24, 2.45) is 0 Å². The third-order valence-electron chi connectivity index (χ3n) is 5.50. The van der Waals surface area contributed by atoms with E-state index in [-0.39, 0.29) is 18.0 Å². The Labute approximate surface area is 181 Å². The number of imide groups is 1. The Morgan fingerprint density at radius 3 is 2.73 bits per heavy atom. The number of aromatic nitrogens is 2. The van der Waals surface area contributed by atoms with Crippen molar-refractivity contribution in [2.75, 3.05) is 18.9 Å². The number of urea groups is 1. The van der Waals surface area contributed by atoms with E-state index in [1.54, 1.807) is 25.6 Å². The quantitative estimate of drug-likeness (QED) is 0.395. The van der Waals surface area contributed by atoms with E-state index in [1.807, 2.05) is 24.4 Å². The van der Waals surface area contributed by atoms with Gasteiger partial charge in [-0.1, -0.05) is 42.1 Å². The maximum absolute atomic E-state index is 12.3. The second kappa shape index (κ2) is 8.81. The number of hydrogen-bond acceptors (Lipinski definition) is 5. The highest BCUT2D eigenvalue weighted by Gasteiger charge is 2.43. The second-order valence-electron chi connectivity index (χ2n) is 8.25. The van der Waals surface area contributed by atoms with Gasteiger partial charge in [0.15, 0.2) is 5.16 Å². The highest BCUT2D eigenvalue weighted by atomic mass is 32.2. The molecule has 160 valence electrons. The lowest BCUT2D eigenvalue weighted by atomic mass is 10.1. The fourth-order valence-corrected chi connectivity index (χ4v) is 4.80. The fourth-order valence-electron chi connectivity index (χ4n) is 3.89. The van der Waals surface area contributed by atoms with Crippen LogP contribution in [0.4, 0.5) is 4.79 Å². The molecular weight excluding hydrogens is 400 g/mol. The van der Waals surface area contributed by atoms with Crippen LogP contribution in [-0.2, 0) is 16.1 Å². The standard InChI is InChI=1S/C22H28N4O3S/c1-22(2)19(27)25(20(28)24-22)11-7-13-30-21-23-14-18(16-8-4-3-5-9-16)26(21)15-17-10-6-12-29-17/h3-5,8-9,14,17H,6-7,10-13,15H2,1-2H3,(H,24,28)/t17-/m1/s1. The smallest absolute Gasteiger partial charge is 0.325 e. The van der Waals surface area contributed by atoms with Crippen LogP contribution in [0, 0.1) is 0 Å². The van der Waals surface area contributed by atoms with Crippen molar-refractivity contribution >= 4 is 23.7 Å². The van der Waals surface area contributed by atoms with Crippen molar-refractivity contribution in [1.82, 2.24) is 19.8 Å². The Hall–Kier alpha value is -2.32. The Balaban J connectivity index is 1.41. The number of benzene rings is 1. The van der Waals surface area contributed by atoms with Crippen LogP contribution < -0.4 is 5.32 Å². The van der Waals surface area contributed by atoms with E-state index in [1.165, 1.54) is 4.90 Å². The van der Waals surface area contributed by atoms with Gasteiger partial charge in [-0.05, 0) is 38.7 Å². The lowest BCUT2D eigenvalue weighted by Gasteiger charge is -2.17. The summed E-state index contributed by atoms with van der Waals surface area (Å²) in [6.45, 7) is 5.49. The molecule has 8 heteroatoms. The van der Waals surface area contributed by atoms with E-state index >= 15 is 0 Å². The summed E-state index contributed by atoms with van der Waals surface area (Å²) in [6.07, 6.45) is 5.03. The molecule has 0 unspecified atom stereocenters. The van der Waals surface area contributed by atoms with Gasteiger partial charge in [0.25, 0.3) is 5.91 Å². The number of amides is 3. The van der Waals surface area contributed by atoms with Crippen molar-refractivity contribution in [3.8, 4) is 11.3 Å². The largest absolute Gasteiger partial charge is 0.376 e. The molecule has 1 N–H and O–H groups in total. The minimum absolute atomic E-state index is 0.163. The zero-order valence-electron chi connectivity index (χ0n) is 17.5. The molecule has 0 saturated carbocycles. The van der Waals surface area contributed by atoms with Gasteiger partial charge < -0.3 is 14.6 Å². The Morgan fingerprint density at radius 1 is 1.27 bits per heavy atom. The molecule has 2 saturated heterocycles. The molecule has 0 radical (unpaired) electrons. The van der Waals surface area contributed by atoms with Gasteiger partial charge >= 0.3 is 6.03 Å².